The van der Waals surface area contributed by atoms with Crippen LogP contribution in [0.25, 0.3) is 0 Å². The van der Waals surface area contributed by atoms with E-state index in [9.17, 15) is 19.8 Å². The molecule has 1 amide bonds. The summed E-state index contributed by atoms with van der Waals surface area (Å²) in [6.45, 7) is 4.93. The average molecular weight is 1110 g/mol. The van der Waals surface area contributed by atoms with Crippen molar-refractivity contribution in [1.29, 1.82) is 0 Å². The Balaban J connectivity index is 3.34. The van der Waals surface area contributed by atoms with E-state index in [1.165, 1.54) is 308 Å². The van der Waals surface area contributed by atoms with E-state index in [1.54, 1.807) is 0 Å². The summed E-state index contributed by atoms with van der Waals surface area (Å²) in [6.07, 6.45) is 87.9. The lowest BCUT2D eigenvalue weighted by molar-refractivity contribution is -0.143. The Morgan fingerprint density at radius 3 is 1.01 bits per heavy atom. The SMILES string of the molecule is CCCC/C=C\CCCCCCCC(=O)OCCCCCCCCCCCCCCCCC/C=C\C/C=C\CCCCCCCCCCCCCCCCCCCC(=O)NC(CO)C(O)CCCCCCCCCCCCCC. The lowest BCUT2D eigenvalue weighted by Crippen LogP contribution is -2.45. The Labute approximate surface area is 494 Å². The standard InChI is InChI=1S/C73H139NO5/c1-3-5-7-9-11-13-15-46-49-53-57-61-65-71(76)70(69-75)74-72(77)66-62-58-54-50-47-43-41-39-37-35-33-31-29-27-25-23-21-19-17-16-18-20-22-24-26-28-30-32-34-36-38-40-42-44-48-52-56-60-64-68-79-73(78)67-63-59-55-51-45-14-12-10-8-6-4-2/h10,12,16-17,20,22,70-71,75-76H,3-9,11,13-15,18-19,21,23-69H2,1-2H3,(H,74,77)/b12-10-,17-16-,22-20-. The number of aliphatic hydroxyl groups is 2. The molecule has 3 N–H and O–H groups in total. The molecule has 0 aliphatic carbocycles. The van der Waals surface area contributed by atoms with Crippen LogP contribution in [0.4, 0.5) is 0 Å². The molecule has 0 spiro atoms. The summed E-state index contributed by atoms with van der Waals surface area (Å²) in [6, 6.07) is -0.538. The molecule has 0 heterocycles. The summed E-state index contributed by atoms with van der Waals surface area (Å²) in [4.78, 5) is 24.5. The summed E-state index contributed by atoms with van der Waals surface area (Å²) >= 11 is 0. The van der Waals surface area contributed by atoms with Gasteiger partial charge in [0, 0.05) is 12.8 Å². The highest BCUT2D eigenvalue weighted by Crippen LogP contribution is 2.19. The molecule has 466 valence electrons. The third-order valence-corrected chi connectivity index (χ3v) is 16.7. The van der Waals surface area contributed by atoms with Crippen molar-refractivity contribution in [3.63, 3.8) is 0 Å². The molecule has 0 aliphatic heterocycles. The van der Waals surface area contributed by atoms with E-state index < -0.39 is 12.1 Å². The van der Waals surface area contributed by atoms with E-state index in [0.29, 0.717) is 25.9 Å². The van der Waals surface area contributed by atoms with Gasteiger partial charge in [-0.2, -0.15) is 0 Å². The topological polar surface area (TPSA) is 95.9 Å². The van der Waals surface area contributed by atoms with E-state index in [-0.39, 0.29) is 18.5 Å². The molecule has 6 nitrogen and oxygen atoms in total. The molecule has 0 rings (SSSR count). The van der Waals surface area contributed by atoms with Gasteiger partial charge in [0.15, 0.2) is 0 Å². The first-order chi connectivity index (χ1) is 39.0. The van der Waals surface area contributed by atoms with Gasteiger partial charge in [-0.3, -0.25) is 9.59 Å². The van der Waals surface area contributed by atoms with Crippen molar-refractivity contribution in [3.8, 4) is 0 Å². The molecule has 6 heteroatoms. The first kappa shape index (κ1) is 77.1. The molecule has 0 saturated carbocycles. The van der Waals surface area contributed by atoms with Crippen molar-refractivity contribution in [2.45, 2.75) is 405 Å². The molecule has 2 unspecified atom stereocenters. The van der Waals surface area contributed by atoms with E-state index >= 15 is 0 Å². The first-order valence-electron chi connectivity index (χ1n) is 35.7. The highest BCUT2D eigenvalue weighted by atomic mass is 16.5. The number of esters is 1. The quantitative estimate of drug-likeness (QED) is 0.0320. The maximum atomic E-state index is 12.5. The smallest absolute Gasteiger partial charge is 0.305 e. The number of amides is 1. The van der Waals surface area contributed by atoms with Gasteiger partial charge >= 0.3 is 5.97 Å². The average Bonchev–Trinajstić information content (AvgIpc) is 3.45. The van der Waals surface area contributed by atoms with Gasteiger partial charge in [-0.05, 0) is 77.0 Å². The van der Waals surface area contributed by atoms with Crippen LogP contribution in [0.5, 0.6) is 0 Å². The predicted octanol–water partition coefficient (Wildman–Crippen LogP) is 23.1. The van der Waals surface area contributed by atoms with E-state index in [1.807, 2.05) is 0 Å². The zero-order chi connectivity index (χ0) is 57.1. The van der Waals surface area contributed by atoms with Crippen LogP contribution in [0.15, 0.2) is 36.5 Å². The Morgan fingerprint density at radius 2 is 0.646 bits per heavy atom. The maximum Gasteiger partial charge on any atom is 0.305 e. The van der Waals surface area contributed by atoms with Gasteiger partial charge in [0.05, 0.1) is 25.4 Å². The molecular formula is C73H139NO5. The summed E-state index contributed by atoms with van der Waals surface area (Å²) in [5.74, 6) is -0.0213. The third kappa shape index (κ3) is 65.1. The fourth-order valence-electron chi connectivity index (χ4n) is 11.2. The molecule has 0 fully saturated rings. The van der Waals surface area contributed by atoms with Gasteiger partial charge in [-0.25, -0.2) is 0 Å². The molecule has 79 heavy (non-hydrogen) atoms. The fraction of sp³-hybridized carbons (Fsp3) is 0.890. The number of allylic oxidation sites excluding steroid dienone is 6. The number of aliphatic hydroxyl groups excluding tert-OH is 2. The maximum absolute atomic E-state index is 12.5. The summed E-state index contributed by atoms with van der Waals surface area (Å²) < 4.78 is 5.47. The van der Waals surface area contributed by atoms with Gasteiger partial charge in [0.25, 0.3) is 0 Å². The second-order valence-corrected chi connectivity index (χ2v) is 24.6. The van der Waals surface area contributed by atoms with Crippen LogP contribution >= 0.6 is 0 Å². The Morgan fingerprint density at radius 1 is 0.354 bits per heavy atom. The zero-order valence-corrected chi connectivity index (χ0v) is 53.4. The fourth-order valence-corrected chi connectivity index (χ4v) is 11.2. The number of nitrogens with one attached hydrogen (secondary N) is 1. The minimum atomic E-state index is -0.661. The van der Waals surface area contributed by atoms with Crippen molar-refractivity contribution in [3.05, 3.63) is 36.5 Å². The minimum absolute atomic E-state index is 0.00931. The van der Waals surface area contributed by atoms with Crippen LogP contribution in [0.1, 0.15) is 393 Å². The number of hydrogen-bond donors (Lipinski definition) is 3. The number of carbonyl (C=O) groups is 2. The second-order valence-electron chi connectivity index (χ2n) is 24.6. The molecule has 0 aromatic heterocycles. The summed E-state index contributed by atoms with van der Waals surface area (Å²) in [5.41, 5.74) is 0. The monoisotopic (exact) mass is 1110 g/mol. The van der Waals surface area contributed by atoms with E-state index in [4.69, 9.17) is 4.74 Å². The largest absolute Gasteiger partial charge is 0.466 e. The molecule has 0 aromatic rings. The van der Waals surface area contributed by atoms with Gasteiger partial charge in [-0.1, -0.05) is 339 Å². The third-order valence-electron chi connectivity index (χ3n) is 16.7. The molecule has 0 aromatic carbocycles. The normalized spacial score (nSPS) is 12.7. The van der Waals surface area contributed by atoms with Gasteiger partial charge in [0.1, 0.15) is 0 Å². The van der Waals surface area contributed by atoms with Gasteiger partial charge < -0.3 is 20.3 Å². The lowest BCUT2D eigenvalue weighted by Gasteiger charge is -2.22. The number of carbonyl (C=O) groups excluding carboxylic acids is 2. The van der Waals surface area contributed by atoms with Crippen molar-refractivity contribution in [2.24, 2.45) is 0 Å². The Kier molecular flexibility index (Phi) is 66.9. The Hall–Kier alpha value is -1.92. The molecule has 2 atom stereocenters. The predicted molar refractivity (Wildman–Crippen MR) is 347 cm³/mol. The first-order valence-corrected chi connectivity index (χ1v) is 35.7. The molecule has 0 bridgehead atoms. The second kappa shape index (κ2) is 68.6. The van der Waals surface area contributed by atoms with Crippen LogP contribution in [-0.2, 0) is 14.3 Å². The number of rotatable bonds is 67. The summed E-state index contributed by atoms with van der Waals surface area (Å²) in [7, 11) is 0. The molecule has 0 saturated heterocycles. The number of unbranched alkanes of at least 4 members (excludes halogenated alkanes) is 50. The lowest BCUT2D eigenvalue weighted by atomic mass is 10.0. The van der Waals surface area contributed by atoms with Crippen molar-refractivity contribution >= 4 is 11.9 Å². The zero-order valence-electron chi connectivity index (χ0n) is 53.4. The van der Waals surface area contributed by atoms with E-state index in [2.05, 4.69) is 55.6 Å². The summed E-state index contributed by atoms with van der Waals surface area (Å²) in [5, 5.41) is 23.3. The highest BCUT2D eigenvalue weighted by molar-refractivity contribution is 5.76. The Bertz CT molecular complexity index is 1280. The van der Waals surface area contributed by atoms with Crippen LogP contribution in [0, 0.1) is 0 Å². The molecular weight excluding hydrogens is 971 g/mol. The number of hydrogen-bond acceptors (Lipinski definition) is 5. The van der Waals surface area contributed by atoms with E-state index in [0.717, 1.165) is 51.4 Å². The van der Waals surface area contributed by atoms with Crippen LogP contribution < -0.4 is 5.32 Å². The van der Waals surface area contributed by atoms with Crippen LogP contribution in [0.2, 0.25) is 0 Å². The van der Waals surface area contributed by atoms with Gasteiger partial charge in [0.2, 0.25) is 5.91 Å². The minimum Gasteiger partial charge on any atom is -0.466 e. The van der Waals surface area contributed by atoms with Gasteiger partial charge in [-0.15, -0.1) is 0 Å². The van der Waals surface area contributed by atoms with Crippen molar-refractivity contribution in [1.82, 2.24) is 5.32 Å². The van der Waals surface area contributed by atoms with Crippen molar-refractivity contribution in [2.75, 3.05) is 13.2 Å². The van der Waals surface area contributed by atoms with Crippen LogP contribution in [-0.4, -0.2) is 47.4 Å². The van der Waals surface area contributed by atoms with Crippen LogP contribution in [0.3, 0.4) is 0 Å². The number of ether oxygens (including phenoxy) is 1. The molecule has 0 aliphatic rings. The molecule has 0 radical (unpaired) electrons. The van der Waals surface area contributed by atoms with Crippen molar-refractivity contribution < 1.29 is 24.5 Å². The highest BCUT2D eigenvalue weighted by Gasteiger charge is 2.20.